The van der Waals surface area contributed by atoms with Crippen LogP contribution in [0.2, 0.25) is 0 Å². The van der Waals surface area contributed by atoms with E-state index in [4.69, 9.17) is 0 Å². The van der Waals surface area contributed by atoms with Gasteiger partial charge in [0.05, 0.1) is 0 Å². The average molecular weight is 327 g/mol. The molecular formula is C16H27BrN2. The van der Waals surface area contributed by atoms with E-state index >= 15 is 0 Å². The molecule has 108 valence electrons. The summed E-state index contributed by atoms with van der Waals surface area (Å²) < 4.78 is 1.19. The Kier molecular flexibility index (Phi) is 6.87. The second-order valence-electron chi connectivity index (χ2n) is 5.27. The molecule has 0 saturated carbocycles. The molecule has 3 heteroatoms. The number of anilines is 1. The molecule has 0 aliphatic rings. The standard InChI is InChI=1S/C16H27BrN2/c1-6-10-19(12(3)4)14-8-9-15(16(17)11-14)13(5)18-7-2/h8-9,11-13,18H,6-7,10H2,1-5H3. The Morgan fingerprint density at radius 2 is 1.89 bits per heavy atom. The first kappa shape index (κ1) is 16.5. The lowest BCUT2D eigenvalue weighted by Gasteiger charge is -2.29. The van der Waals surface area contributed by atoms with E-state index in [0.29, 0.717) is 12.1 Å². The Hall–Kier alpha value is -0.540. The summed E-state index contributed by atoms with van der Waals surface area (Å²) in [7, 11) is 0. The summed E-state index contributed by atoms with van der Waals surface area (Å²) in [5.41, 5.74) is 2.63. The molecule has 1 aromatic rings. The Morgan fingerprint density at radius 3 is 2.37 bits per heavy atom. The van der Waals surface area contributed by atoms with Gasteiger partial charge in [-0.25, -0.2) is 0 Å². The van der Waals surface area contributed by atoms with E-state index in [0.717, 1.165) is 13.1 Å². The van der Waals surface area contributed by atoms with Crippen LogP contribution in [0.5, 0.6) is 0 Å². The smallest absolute Gasteiger partial charge is 0.0380 e. The number of benzene rings is 1. The summed E-state index contributed by atoms with van der Waals surface area (Å²) in [5, 5.41) is 3.46. The highest BCUT2D eigenvalue weighted by molar-refractivity contribution is 9.10. The molecule has 0 amide bonds. The molecule has 0 radical (unpaired) electrons. The topological polar surface area (TPSA) is 15.3 Å². The molecule has 1 unspecified atom stereocenters. The Morgan fingerprint density at radius 1 is 1.21 bits per heavy atom. The van der Waals surface area contributed by atoms with Gasteiger partial charge in [-0.2, -0.15) is 0 Å². The fourth-order valence-electron chi connectivity index (χ4n) is 2.39. The predicted octanol–water partition coefficient (Wildman–Crippen LogP) is 4.74. The normalized spacial score (nSPS) is 12.8. The van der Waals surface area contributed by atoms with Gasteiger partial charge < -0.3 is 10.2 Å². The third kappa shape index (κ3) is 4.50. The molecule has 0 aromatic heterocycles. The summed E-state index contributed by atoms with van der Waals surface area (Å²) in [4.78, 5) is 2.45. The molecule has 0 fully saturated rings. The van der Waals surface area contributed by atoms with Gasteiger partial charge >= 0.3 is 0 Å². The number of nitrogens with one attached hydrogen (secondary N) is 1. The van der Waals surface area contributed by atoms with Crippen molar-refractivity contribution in [3.05, 3.63) is 28.2 Å². The Balaban J connectivity index is 2.97. The van der Waals surface area contributed by atoms with Crippen molar-refractivity contribution in [3.8, 4) is 0 Å². The molecule has 2 nitrogen and oxygen atoms in total. The van der Waals surface area contributed by atoms with E-state index in [1.165, 1.54) is 22.1 Å². The Bertz CT molecular complexity index is 390. The van der Waals surface area contributed by atoms with E-state index in [-0.39, 0.29) is 0 Å². The van der Waals surface area contributed by atoms with Crippen LogP contribution in [0.15, 0.2) is 22.7 Å². The molecule has 0 spiro atoms. The minimum Gasteiger partial charge on any atom is -0.369 e. The van der Waals surface area contributed by atoms with Crippen molar-refractivity contribution < 1.29 is 0 Å². The van der Waals surface area contributed by atoms with E-state index in [1.54, 1.807) is 0 Å². The molecule has 0 aliphatic carbocycles. The fraction of sp³-hybridized carbons (Fsp3) is 0.625. The van der Waals surface area contributed by atoms with Gasteiger partial charge in [0.25, 0.3) is 0 Å². The number of hydrogen-bond donors (Lipinski definition) is 1. The first-order chi connectivity index (χ1) is 9.01. The van der Waals surface area contributed by atoms with Gasteiger partial charge in [0.2, 0.25) is 0 Å². The molecule has 1 aromatic carbocycles. The lowest BCUT2D eigenvalue weighted by Crippen LogP contribution is -2.31. The van der Waals surface area contributed by atoms with Crippen molar-refractivity contribution in [1.29, 1.82) is 0 Å². The van der Waals surface area contributed by atoms with Gasteiger partial charge in [-0.05, 0) is 51.4 Å². The molecule has 1 atom stereocenters. The lowest BCUT2D eigenvalue weighted by molar-refractivity contribution is 0.595. The highest BCUT2D eigenvalue weighted by atomic mass is 79.9. The number of rotatable bonds is 7. The van der Waals surface area contributed by atoms with Crippen LogP contribution < -0.4 is 10.2 Å². The van der Waals surface area contributed by atoms with Crippen LogP contribution in [0, 0.1) is 0 Å². The van der Waals surface area contributed by atoms with Crippen LogP contribution in [0.3, 0.4) is 0 Å². The second-order valence-corrected chi connectivity index (χ2v) is 6.13. The van der Waals surface area contributed by atoms with Gasteiger partial charge in [0.15, 0.2) is 0 Å². The largest absolute Gasteiger partial charge is 0.369 e. The van der Waals surface area contributed by atoms with Crippen molar-refractivity contribution in [1.82, 2.24) is 5.32 Å². The molecular weight excluding hydrogens is 300 g/mol. The van der Waals surface area contributed by atoms with Gasteiger partial charge in [0, 0.05) is 28.8 Å². The lowest BCUT2D eigenvalue weighted by atomic mass is 10.1. The van der Waals surface area contributed by atoms with Gasteiger partial charge in [-0.15, -0.1) is 0 Å². The monoisotopic (exact) mass is 326 g/mol. The Labute approximate surface area is 126 Å². The summed E-state index contributed by atoms with van der Waals surface area (Å²) in [5.74, 6) is 0. The number of halogens is 1. The van der Waals surface area contributed by atoms with Crippen molar-refractivity contribution >= 4 is 21.6 Å². The predicted molar refractivity (Wildman–Crippen MR) is 89.0 cm³/mol. The zero-order valence-corrected chi connectivity index (χ0v) is 14.4. The highest BCUT2D eigenvalue weighted by Gasteiger charge is 2.13. The van der Waals surface area contributed by atoms with Crippen LogP contribution in [-0.4, -0.2) is 19.1 Å². The van der Waals surface area contributed by atoms with Crippen molar-refractivity contribution in [2.75, 3.05) is 18.0 Å². The van der Waals surface area contributed by atoms with E-state index in [9.17, 15) is 0 Å². The molecule has 0 bridgehead atoms. The molecule has 0 aliphatic heterocycles. The molecule has 0 heterocycles. The van der Waals surface area contributed by atoms with Crippen LogP contribution in [-0.2, 0) is 0 Å². The maximum absolute atomic E-state index is 3.72. The van der Waals surface area contributed by atoms with E-state index < -0.39 is 0 Å². The minimum absolute atomic E-state index is 0.382. The number of nitrogens with zero attached hydrogens (tertiary/aromatic N) is 1. The minimum atomic E-state index is 0.382. The molecule has 19 heavy (non-hydrogen) atoms. The highest BCUT2D eigenvalue weighted by Crippen LogP contribution is 2.29. The van der Waals surface area contributed by atoms with E-state index in [1.807, 2.05) is 0 Å². The quantitative estimate of drug-likeness (QED) is 0.778. The maximum Gasteiger partial charge on any atom is 0.0380 e. The van der Waals surface area contributed by atoms with Gasteiger partial charge in [-0.1, -0.05) is 35.8 Å². The van der Waals surface area contributed by atoms with E-state index in [2.05, 4.69) is 79.0 Å². The zero-order valence-electron chi connectivity index (χ0n) is 12.8. The molecule has 1 N–H and O–H groups in total. The first-order valence-electron chi connectivity index (χ1n) is 7.30. The van der Waals surface area contributed by atoms with Gasteiger partial charge in [-0.3, -0.25) is 0 Å². The van der Waals surface area contributed by atoms with Crippen LogP contribution >= 0.6 is 15.9 Å². The molecule has 1 rings (SSSR count). The number of hydrogen-bond acceptors (Lipinski definition) is 2. The SMILES string of the molecule is CCCN(c1ccc(C(C)NCC)c(Br)c1)C(C)C. The molecule has 0 saturated heterocycles. The second kappa shape index (κ2) is 7.91. The average Bonchev–Trinajstić information content (AvgIpc) is 2.35. The van der Waals surface area contributed by atoms with Crippen molar-refractivity contribution in [2.24, 2.45) is 0 Å². The summed E-state index contributed by atoms with van der Waals surface area (Å²) in [6, 6.07) is 7.64. The van der Waals surface area contributed by atoms with Crippen LogP contribution in [0.25, 0.3) is 0 Å². The van der Waals surface area contributed by atoms with Crippen LogP contribution in [0.4, 0.5) is 5.69 Å². The van der Waals surface area contributed by atoms with Gasteiger partial charge in [0.1, 0.15) is 0 Å². The summed E-state index contributed by atoms with van der Waals surface area (Å²) in [6.45, 7) is 13.2. The summed E-state index contributed by atoms with van der Waals surface area (Å²) >= 11 is 3.72. The van der Waals surface area contributed by atoms with Crippen molar-refractivity contribution in [3.63, 3.8) is 0 Å². The fourth-order valence-corrected chi connectivity index (χ4v) is 3.10. The summed E-state index contributed by atoms with van der Waals surface area (Å²) in [6.07, 6.45) is 1.17. The van der Waals surface area contributed by atoms with Crippen molar-refractivity contribution in [2.45, 2.75) is 53.1 Å². The zero-order chi connectivity index (χ0) is 14.4. The maximum atomic E-state index is 3.72. The third-order valence-electron chi connectivity index (χ3n) is 3.38. The first-order valence-corrected chi connectivity index (χ1v) is 8.10. The van der Waals surface area contributed by atoms with Crippen LogP contribution in [0.1, 0.15) is 52.6 Å². The third-order valence-corrected chi connectivity index (χ3v) is 4.07.